The van der Waals surface area contributed by atoms with Gasteiger partial charge in [0.25, 0.3) is 0 Å². The molecule has 1 rings (SSSR count). The summed E-state index contributed by atoms with van der Waals surface area (Å²) in [6, 6.07) is 0. The minimum Gasteiger partial charge on any atom is -0.459 e. The second-order valence-electron chi connectivity index (χ2n) is 9.43. The molecule has 0 aromatic rings. The molecule has 0 bridgehead atoms. The molecule has 2 unspecified atom stereocenters. The first kappa shape index (κ1) is 18.5. The third-order valence-corrected chi connectivity index (χ3v) is 5.31. The standard InChI is InChI=1S/C19H36O2/c1-14(17(2,3)4)15(18(5,6)7)16(20)21-19(8)12-10-9-11-13-19/h14-15H,9-13H2,1-8H3. The highest BCUT2D eigenvalue weighted by molar-refractivity contribution is 5.74. The lowest BCUT2D eigenvalue weighted by atomic mass is 9.65. The molecule has 0 radical (unpaired) electrons. The Bertz CT molecular complexity index is 351. The van der Waals surface area contributed by atoms with Crippen molar-refractivity contribution in [1.82, 2.24) is 0 Å². The van der Waals surface area contributed by atoms with E-state index in [9.17, 15) is 4.79 Å². The maximum absolute atomic E-state index is 12.9. The Hall–Kier alpha value is -0.530. The predicted molar refractivity (Wildman–Crippen MR) is 89.1 cm³/mol. The molecule has 0 amide bonds. The monoisotopic (exact) mass is 296 g/mol. The van der Waals surface area contributed by atoms with Crippen molar-refractivity contribution >= 4 is 5.97 Å². The van der Waals surface area contributed by atoms with Gasteiger partial charge < -0.3 is 4.74 Å². The molecule has 0 heterocycles. The van der Waals surface area contributed by atoms with E-state index < -0.39 is 0 Å². The molecule has 0 aliphatic heterocycles. The molecule has 0 saturated heterocycles. The average molecular weight is 296 g/mol. The van der Waals surface area contributed by atoms with Crippen LogP contribution in [-0.2, 0) is 9.53 Å². The molecule has 2 nitrogen and oxygen atoms in total. The van der Waals surface area contributed by atoms with Gasteiger partial charge in [0, 0.05) is 0 Å². The van der Waals surface area contributed by atoms with Gasteiger partial charge >= 0.3 is 5.97 Å². The Labute approximate surface area is 132 Å². The molecule has 1 saturated carbocycles. The van der Waals surface area contributed by atoms with Gasteiger partial charge in [-0.05, 0) is 49.4 Å². The van der Waals surface area contributed by atoms with Crippen molar-refractivity contribution < 1.29 is 9.53 Å². The van der Waals surface area contributed by atoms with Gasteiger partial charge in [-0.25, -0.2) is 0 Å². The predicted octanol–water partition coefficient (Wildman–Crippen LogP) is 5.60. The fourth-order valence-electron chi connectivity index (χ4n) is 3.52. The zero-order chi connectivity index (χ0) is 16.5. The average Bonchev–Trinajstić information content (AvgIpc) is 2.25. The van der Waals surface area contributed by atoms with Crippen molar-refractivity contribution in [2.45, 2.75) is 93.1 Å². The summed E-state index contributed by atoms with van der Waals surface area (Å²) < 4.78 is 6.04. The van der Waals surface area contributed by atoms with Crippen molar-refractivity contribution in [1.29, 1.82) is 0 Å². The quantitative estimate of drug-likeness (QED) is 0.634. The van der Waals surface area contributed by atoms with E-state index in [1.807, 2.05) is 0 Å². The van der Waals surface area contributed by atoms with Crippen LogP contribution in [0.15, 0.2) is 0 Å². The molecule has 124 valence electrons. The van der Waals surface area contributed by atoms with Crippen molar-refractivity contribution in [3.05, 3.63) is 0 Å². The van der Waals surface area contributed by atoms with Crippen LogP contribution in [0.4, 0.5) is 0 Å². The Kier molecular flexibility index (Phi) is 5.56. The van der Waals surface area contributed by atoms with Crippen molar-refractivity contribution in [2.24, 2.45) is 22.7 Å². The number of hydrogen-bond acceptors (Lipinski definition) is 2. The molecule has 21 heavy (non-hydrogen) atoms. The third-order valence-electron chi connectivity index (χ3n) is 5.31. The van der Waals surface area contributed by atoms with Crippen LogP contribution >= 0.6 is 0 Å². The molecule has 2 heteroatoms. The van der Waals surface area contributed by atoms with Gasteiger partial charge in [0.2, 0.25) is 0 Å². The topological polar surface area (TPSA) is 26.3 Å². The lowest BCUT2D eigenvalue weighted by Crippen LogP contribution is -2.44. The van der Waals surface area contributed by atoms with Crippen LogP contribution in [0.1, 0.15) is 87.5 Å². The van der Waals surface area contributed by atoms with Crippen molar-refractivity contribution in [3.63, 3.8) is 0 Å². The number of carbonyl (C=O) groups is 1. The molecular weight excluding hydrogens is 260 g/mol. The zero-order valence-corrected chi connectivity index (χ0v) is 15.5. The smallest absolute Gasteiger partial charge is 0.310 e. The first-order valence-electron chi connectivity index (χ1n) is 8.60. The van der Waals surface area contributed by atoms with E-state index in [4.69, 9.17) is 4.74 Å². The Balaban J connectivity index is 2.91. The fraction of sp³-hybridized carbons (Fsp3) is 0.947. The van der Waals surface area contributed by atoms with Gasteiger partial charge in [0.05, 0.1) is 5.92 Å². The molecule has 0 aromatic carbocycles. The Morgan fingerprint density at radius 2 is 1.43 bits per heavy atom. The van der Waals surface area contributed by atoms with Crippen LogP contribution in [0.3, 0.4) is 0 Å². The highest BCUT2D eigenvalue weighted by Crippen LogP contribution is 2.43. The summed E-state index contributed by atoms with van der Waals surface area (Å²) >= 11 is 0. The van der Waals surface area contributed by atoms with Crippen LogP contribution in [0.5, 0.6) is 0 Å². The number of carbonyl (C=O) groups excluding carboxylic acids is 1. The Morgan fingerprint density at radius 1 is 0.952 bits per heavy atom. The molecule has 1 aliphatic rings. The van der Waals surface area contributed by atoms with Crippen LogP contribution in [0.25, 0.3) is 0 Å². The van der Waals surface area contributed by atoms with Crippen LogP contribution in [-0.4, -0.2) is 11.6 Å². The highest BCUT2D eigenvalue weighted by Gasteiger charge is 2.44. The van der Waals surface area contributed by atoms with E-state index in [0.717, 1.165) is 12.8 Å². The molecule has 0 N–H and O–H groups in total. The highest BCUT2D eigenvalue weighted by atomic mass is 16.6. The van der Waals surface area contributed by atoms with Gasteiger partial charge in [-0.3, -0.25) is 4.79 Å². The molecule has 0 aromatic heterocycles. The Morgan fingerprint density at radius 3 is 1.81 bits per heavy atom. The summed E-state index contributed by atoms with van der Waals surface area (Å²) in [4.78, 5) is 12.9. The number of rotatable bonds is 3. The van der Waals surface area contributed by atoms with Crippen molar-refractivity contribution in [2.75, 3.05) is 0 Å². The van der Waals surface area contributed by atoms with E-state index >= 15 is 0 Å². The van der Waals surface area contributed by atoms with Crippen LogP contribution in [0, 0.1) is 22.7 Å². The second kappa shape index (κ2) is 6.30. The summed E-state index contributed by atoms with van der Waals surface area (Å²) in [6.45, 7) is 17.4. The van der Waals surface area contributed by atoms with E-state index in [1.165, 1.54) is 19.3 Å². The first-order chi connectivity index (χ1) is 9.37. The van der Waals surface area contributed by atoms with E-state index in [1.54, 1.807) is 0 Å². The minimum atomic E-state index is -0.240. The molecule has 1 aliphatic carbocycles. The van der Waals surface area contributed by atoms with Gasteiger partial charge in [-0.15, -0.1) is 0 Å². The summed E-state index contributed by atoms with van der Waals surface area (Å²) in [6.07, 6.45) is 5.66. The molecule has 1 fully saturated rings. The summed E-state index contributed by atoms with van der Waals surface area (Å²) in [5.74, 6) is 0.239. The van der Waals surface area contributed by atoms with E-state index in [-0.39, 0.29) is 34.2 Å². The van der Waals surface area contributed by atoms with E-state index in [0.29, 0.717) is 0 Å². The fourth-order valence-corrected chi connectivity index (χ4v) is 3.52. The van der Waals surface area contributed by atoms with Gasteiger partial charge in [0.15, 0.2) is 0 Å². The first-order valence-corrected chi connectivity index (χ1v) is 8.60. The number of esters is 1. The SMILES string of the molecule is CC(C(C(=O)OC1(C)CCCCC1)C(C)(C)C)C(C)(C)C. The summed E-state index contributed by atoms with van der Waals surface area (Å²) in [5.41, 5.74) is -0.213. The van der Waals surface area contributed by atoms with Gasteiger partial charge in [-0.2, -0.15) is 0 Å². The van der Waals surface area contributed by atoms with E-state index in [2.05, 4.69) is 55.4 Å². The molecule has 0 spiro atoms. The number of hydrogen-bond donors (Lipinski definition) is 0. The van der Waals surface area contributed by atoms with Crippen LogP contribution < -0.4 is 0 Å². The van der Waals surface area contributed by atoms with Gasteiger partial charge in [0.1, 0.15) is 5.60 Å². The minimum absolute atomic E-state index is 0.00863. The third kappa shape index (κ3) is 5.00. The van der Waals surface area contributed by atoms with Crippen LogP contribution in [0.2, 0.25) is 0 Å². The lowest BCUT2D eigenvalue weighted by molar-refractivity contribution is -0.175. The molecule has 2 atom stereocenters. The number of ether oxygens (including phenoxy) is 1. The summed E-state index contributed by atoms with van der Waals surface area (Å²) in [5, 5.41) is 0. The zero-order valence-electron chi connectivity index (χ0n) is 15.5. The maximum Gasteiger partial charge on any atom is 0.310 e. The van der Waals surface area contributed by atoms with Gasteiger partial charge in [-0.1, -0.05) is 54.9 Å². The van der Waals surface area contributed by atoms with Crippen molar-refractivity contribution in [3.8, 4) is 0 Å². The second-order valence-corrected chi connectivity index (χ2v) is 9.43. The normalized spacial score (nSPS) is 22.5. The maximum atomic E-state index is 12.9. The largest absolute Gasteiger partial charge is 0.459 e. The molecular formula is C19H36O2. The summed E-state index contributed by atoms with van der Waals surface area (Å²) in [7, 11) is 0. The lowest BCUT2D eigenvalue weighted by Gasteiger charge is -2.42.